The lowest BCUT2D eigenvalue weighted by Gasteiger charge is -2.34. The normalized spacial score (nSPS) is 16.2. The fourth-order valence-corrected chi connectivity index (χ4v) is 4.60. The van der Waals surface area contributed by atoms with E-state index in [9.17, 15) is 0 Å². The molecule has 0 aliphatic heterocycles. The van der Waals surface area contributed by atoms with E-state index in [0.29, 0.717) is 17.9 Å². The van der Waals surface area contributed by atoms with Crippen LogP contribution in [-0.4, -0.2) is 13.1 Å². The molecule has 1 aliphatic rings. The smallest absolute Gasteiger partial charge is 0.0401 e. The van der Waals surface area contributed by atoms with Crippen molar-refractivity contribution in [2.45, 2.75) is 93.0 Å². The van der Waals surface area contributed by atoms with Crippen LogP contribution in [0.1, 0.15) is 95.4 Å². The Morgan fingerprint density at radius 3 is 2.38 bits per heavy atom. The van der Waals surface area contributed by atoms with E-state index in [0.717, 1.165) is 12.8 Å². The summed E-state index contributed by atoms with van der Waals surface area (Å²) in [6.45, 7) is 18.6. The van der Waals surface area contributed by atoms with Gasteiger partial charge in [0, 0.05) is 18.8 Å². The number of hydrogen-bond donors (Lipinski definition) is 0. The molecule has 0 amide bonds. The van der Waals surface area contributed by atoms with Gasteiger partial charge in [0.2, 0.25) is 0 Å². The number of anilines is 1. The number of nitrogens with zero attached hydrogens (tertiary/aromatic N) is 1. The number of allylic oxidation sites excluding steroid dienone is 6. The third-order valence-electron chi connectivity index (χ3n) is 6.62. The van der Waals surface area contributed by atoms with Crippen LogP contribution in [0.4, 0.5) is 5.69 Å². The molecule has 0 spiro atoms. The molecule has 2 rings (SSSR count). The monoisotopic (exact) mass is 393 g/mol. The van der Waals surface area contributed by atoms with E-state index in [-0.39, 0.29) is 0 Å². The average molecular weight is 394 g/mol. The summed E-state index contributed by atoms with van der Waals surface area (Å²) in [5.41, 5.74) is 10.3. The number of aryl methyl sites for hydroxylation is 1. The zero-order valence-corrected chi connectivity index (χ0v) is 20.4. The van der Waals surface area contributed by atoms with Gasteiger partial charge in [0.05, 0.1) is 0 Å². The second kappa shape index (κ2) is 10.3. The maximum Gasteiger partial charge on any atom is 0.0401 e. The van der Waals surface area contributed by atoms with Crippen molar-refractivity contribution in [2.75, 3.05) is 11.9 Å². The molecule has 1 aromatic rings. The SMILES string of the molecule is CC/C=C\C1=C(c2c(C)cc(N(C)C(C)C(C)C)c(C)c2C(C)C)CCCC=C1. The van der Waals surface area contributed by atoms with Gasteiger partial charge < -0.3 is 4.90 Å². The molecule has 29 heavy (non-hydrogen) atoms. The van der Waals surface area contributed by atoms with Crippen molar-refractivity contribution in [3.05, 3.63) is 58.2 Å². The van der Waals surface area contributed by atoms with Crippen LogP contribution < -0.4 is 4.90 Å². The lowest BCUT2D eigenvalue weighted by molar-refractivity contribution is 0.505. The molecule has 0 aromatic heterocycles. The van der Waals surface area contributed by atoms with Crippen molar-refractivity contribution in [1.82, 2.24) is 0 Å². The maximum atomic E-state index is 2.49. The van der Waals surface area contributed by atoms with E-state index in [2.05, 4.69) is 97.7 Å². The first kappa shape index (κ1) is 23.5. The van der Waals surface area contributed by atoms with Gasteiger partial charge in [0.1, 0.15) is 0 Å². The lowest BCUT2D eigenvalue weighted by atomic mass is 9.81. The molecule has 0 N–H and O–H groups in total. The zero-order valence-electron chi connectivity index (χ0n) is 20.4. The fourth-order valence-electron chi connectivity index (χ4n) is 4.60. The minimum absolute atomic E-state index is 0.502. The summed E-state index contributed by atoms with van der Waals surface area (Å²) in [5, 5.41) is 0. The molecule has 0 saturated heterocycles. The lowest BCUT2D eigenvalue weighted by Crippen LogP contribution is -2.34. The minimum Gasteiger partial charge on any atom is -0.371 e. The Morgan fingerprint density at radius 2 is 1.79 bits per heavy atom. The summed E-state index contributed by atoms with van der Waals surface area (Å²) < 4.78 is 0. The molecular weight excluding hydrogens is 350 g/mol. The molecule has 1 aromatic carbocycles. The minimum atomic E-state index is 0.502. The number of benzene rings is 1. The van der Waals surface area contributed by atoms with E-state index in [4.69, 9.17) is 0 Å². The Morgan fingerprint density at radius 1 is 1.10 bits per heavy atom. The maximum absolute atomic E-state index is 2.49. The summed E-state index contributed by atoms with van der Waals surface area (Å²) in [6.07, 6.45) is 14.0. The van der Waals surface area contributed by atoms with Crippen molar-refractivity contribution in [1.29, 1.82) is 0 Å². The largest absolute Gasteiger partial charge is 0.371 e. The molecule has 1 unspecified atom stereocenters. The quantitative estimate of drug-likeness (QED) is 0.449. The van der Waals surface area contributed by atoms with Crippen LogP contribution in [0.2, 0.25) is 0 Å². The van der Waals surface area contributed by atoms with Crippen molar-refractivity contribution in [3.8, 4) is 0 Å². The average Bonchev–Trinajstić information content (AvgIpc) is 2.91. The summed E-state index contributed by atoms with van der Waals surface area (Å²) >= 11 is 0. The third kappa shape index (κ3) is 5.24. The Kier molecular flexibility index (Phi) is 8.37. The molecule has 0 saturated carbocycles. The molecule has 0 bridgehead atoms. The number of rotatable bonds is 7. The molecule has 0 fully saturated rings. The van der Waals surface area contributed by atoms with Gasteiger partial charge in [-0.3, -0.25) is 0 Å². The van der Waals surface area contributed by atoms with Gasteiger partial charge in [-0.1, -0.05) is 58.9 Å². The van der Waals surface area contributed by atoms with E-state index in [1.165, 1.54) is 46.4 Å². The molecule has 1 nitrogen and oxygen atoms in total. The Hall–Kier alpha value is -1.76. The molecular formula is C28H43N. The highest BCUT2D eigenvalue weighted by Gasteiger charge is 2.24. The van der Waals surface area contributed by atoms with Crippen LogP contribution in [0.5, 0.6) is 0 Å². The van der Waals surface area contributed by atoms with Gasteiger partial charge in [-0.05, 0) is 97.8 Å². The van der Waals surface area contributed by atoms with Crippen molar-refractivity contribution in [3.63, 3.8) is 0 Å². The van der Waals surface area contributed by atoms with E-state index < -0.39 is 0 Å². The second-order valence-electron chi connectivity index (χ2n) is 9.42. The molecule has 160 valence electrons. The summed E-state index contributed by atoms with van der Waals surface area (Å²) in [6, 6.07) is 2.96. The van der Waals surface area contributed by atoms with Crippen LogP contribution >= 0.6 is 0 Å². The van der Waals surface area contributed by atoms with Gasteiger partial charge in [-0.2, -0.15) is 0 Å². The predicted octanol–water partition coefficient (Wildman–Crippen LogP) is 8.37. The Bertz CT molecular complexity index is 789. The van der Waals surface area contributed by atoms with Crippen LogP contribution in [0.15, 0.2) is 35.9 Å². The van der Waals surface area contributed by atoms with Crippen molar-refractivity contribution >= 4 is 11.3 Å². The fraction of sp³-hybridized carbons (Fsp3) is 0.571. The van der Waals surface area contributed by atoms with Gasteiger partial charge in [0.15, 0.2) is 0 Å². The second-order valence-corrected chi connectivity index (χ2v) is 9.42. The van der Waals surface area contributed by atoms with E-state index >= 15 is 0 Å². The first-order valence-corrected chi connectivity index (χ1v) is 11.6. The highest BCUT2D eigenvalue weighted by atomic mass is 15.1. The van der Waals surface area contributed by atoms with Crippen LogP contribution in [0.25, 0.3) is 5.57 Å². The predicted molar refractivity (Wildman–Crippen MR) is 132 cm³/mol. The number of hydrogen-bond acceptors (Lipinski definition) is 1. The van der Waals surface area contributed by atoms with Crippen LogP contribution in [0.3, 0.4) is 0 Å². The highest BCUT2D eigenvalue weighted by Crippen LogP contribution is 2.41. The molecule has 0 heterocycles. The molecule has 1 aliphatic carbocycles. The first-order valence-electron chi connectivity index (χ1n) is 11.6. The van der Waals surface area contributed by atoms with E-state index in [1.54, 1.807) is 5.57 Å². The highest BCUT2D eigenvalue weighted by molar-refractivity contribution is 5.81. The third-order valence-corrected chi connectivity index (χ3v) is 6.62. The summed E-state index contributed by atoms with van der Waals surface area (Å²) in [5.74, 6) is 1.13. The molecule has 1 atom stereocenters. The van der Waals surface area contributed by atoms with Crippen molar-refractivity contribution < 1.29 is 0 Å². The standard InChI is InChI=1S/C28H43N/c1-10-11-15-24-16-13-12-14-17-25(24)28-21(6)18-26(22(7)27(28)20(4)5)29(9)23(8)19(2)3/h11,13,15-16,18-20,23H,10,12,14,17H2,1-9H3/b15-11-. The van der Waals surface area contributed by atoms with Gasteiger partial charge in [0.25, 0.3) is 0 Å². The van der Waals surface area contributed by atoms with Crippen LogP contribution in [0, 0.1) is 19.8 Å². The van der Waals surface area contributed by atoms with E-state index in [1.807, 2.05) is 0 Å². The first-order chi connectivity index (χ1) is 13.7. The van der Waals surface area contributed by atoms with Gasteiger partial charge >= 0.3 is 0 Å². The van der Waals surface area contributed by atoms with Gasteiger partial charge in [-0.25, -0.2) is 0 Å². The Balaban J connectivity index is 2.75. The van der Waals surface area contributed by atoms with Crippen molar-refractivity contribution in [2.24, 2.45) is 5.92 Å². The molecule has 1 heteroatoms. The van der Waals surface area contributed by atoms with Crippen LogP contribution in [-0.2, 0) is 0 Å². The topological polar surface area (TPSA) is 3.24 Å². The molecule has 0 radical (unpaired) electrons. The zero-order chi connectivity index (χ0) is 21.7. The Labute approximate surface area is 180 Å². The summed E-state index contributed by atoms with van der Waals surface area (Å²) in [4.78, 5) is 2.49. The van der Waals surface area contributed by atoms with Gasteiger partial charge in [-0.15, -0.1) is 0 Å². The summed E-state index contributed by atoms with van der Waals surface area (Å²) in [7, 11) is 2.26.